The molecule has 3 nitrogen and oxygen atoms in total. The molecule has 2 rings (SSSR count). The molecule has 0 spiro atoms. The van der Waals surface area contributed by atoms with Crippen LogP contribution < -0.4 is 5.32 Å². The van der Waals surface area contributed by atoms with Crippen molar-refractivity contribution in [1.29, 1.82) is 0 Å². The molecule has 4 heteroatoms. The second kappa shape index (κ2) is 4.37. The van der Waals surface area contributed by atoms with Gasteiger partial charge in [0.1, 0.15) is 0 Å². The molecule has 0 atom stereocenters. The molecule has 0 bridgehead atoms. The molecular weight excluding hydrogens is 317 g/mol. The van der Waals surface area contributed by atoms with E-state index in [1.54, 1.807) is 0 Å². The van der Waals surface area contributed by atoms with Gasteiger partial charge < -0.3 is 0 Å². The van der Waals surface area contributed by atoms with Crippen LogP contribution in [0.15, 0.2) is 29.8 Å². The van der Waals surface area contributed by atoms with Gasteiger partial charge in [-0.15, -0.1) is 0 Å². The second-order valence-corrected chi connectivity index (χ2v) is 4.91. The average molecular weight is 327 g/mol. The Balaban J connectivity index is 2.41. The van der Waals surface area contributed by atoms with Gasteiger partial charge in [-0.05, 0) is 52.8 Å². The highest BCUT2D eigenvalue weighted by Gasteiger charge is 2.25. The topological polar surface area (TPSA) is 46.2 Å². The lowest BCUT2D eigenvalue weighted by Crippen LogP contribution is -2.19. The van der Waals surface area contributed by atoms with E-state index in [0.29, 0.717) is 5.57 Å². The average Bonchev–Trinajstić information content (AvgIpc) is 2.58. The van der Waals surface area contributed by atoms with E-state index in [1.807, 2.05) is 31.2 Å². The first kappa shape index (κ1) is 11.3. The minimum Gasteiger partial charge on any atom is -0.292 e. The number of halogens is 1. The Morgan fingerprint density at radius 3 is 2.38 bits per heavy atom. The van der Waals surface area contributed by atoms with Crippen molar-refractivity contribution < 1.29 is 9.59 Å². The first-order chi connectivity index (χ1) is 7.58. The van der Waals surface area contributed by atoms with Gasteiger partial charge in [-0.3, -0.25) is 14.9 Å². The molecule has 0 aliphatic carbocycles. The lowest BCUT2D eigenvalue weighted by Gasteiger charge is -2.04. The van der Waals surface area contributed by atoms with Gasteiger partial charge in [-0.2, -0.15) is 0 Å². The Morgan fingerprint density at radius 2 is 1.88 bits per heavy atom. The van der Waals surface area contributed by atoms with Crippen molar-refractivity contribution in [2.75, 3.05) is 0 Å². The van der Waals surface area contributed by atoms with E-state index in [2.05, 4.69) is 27.9 Å². The number of rotatable bonds is 1. The lowest BCUT2D eigenvalue weighted by molar-refractivity contribution is -0.124. The molecule has 1 fully saturated rings. The van der Waals surface area contributed by atoms with Gasteiger partial charge in [0, 0.05) is 9.14 Å². The van der Waals surface area contributed by atoms with Crippen molar-refractivity contribution in [1.82, 2.24) is 5.32 Å². The fourth-order valence-corrected chi connectivity index (χ4v) is 2.02. The SMILES string of the molecule is C/C(=C1/CC(=O)NC1=O)c1ccc(I)cc1. The molecule has 82 valence electrons. The first-order valence-corrected chi connectivity index (χ1v) is 5.95. The maximum atomic E-state index is 11.5. The van der Waals surface area contributed by atoms with Crippen LogP contribution in [0.4, 0.5) is 0 Å². The van der Waals surface area contributed by atoms with E-state index < -0.39 is 0 Å². The molecule has 0 unspecified atom stereocenters. The van der Waals surface area contributed by atoms with Crippen LogP contribution in [0.3, 0.4) is 0 Å². The summed E-state index contributed by atoms with van der Waals surface area (Å²) in [6.07, 6.45) is 0.191. The predicted molar refractivity (Wildman–Crippen MR) is 69.5 cm³/mol. The fourth-order valence-electron chi connectivity index (χ4n) is 1.66. The zero-order valence-corrected chi connectivity index (χ0v) is 10.9. The maximum absolute atomic E-state index is 11.5. The van der Waals surface area contributed by atoms with Crippen molar-refractivity contribution in [3.8, 4) is 0 Å². The summed E-state index contributed by atoms with van der Waals surface area (Å²) in [6, 6.07) is 7.88. The van der Waals surface area contributed by atoms with Gasteiger partial charge in [-0.1, -0.05) is 12.1 Å². The molecule has 1 N–H and O–H groups in total. The summed E-state index contributed by atoms with van der Waals surface area (Å²) in [4.78, 5) is 22.6. The fraction of sp³-hybridized carbons (Fsp3) is 0.167. The van der Waals surface area contributed by atoms with Gasteiger partial charge in [0.05, 0.1) is 6.42 Å². The smallest absolute Gasteiger partial charge is 0.254 e. The van der Waals surface area contributed by atoms with E-state index in [-0.39, 0.29) is 18.2 Å². The van der Waals surface area contributed by atoms with Gasteiger partial charge in [0.15, 0.2) is 0 Å². The maximum Gasteiger partial charge on any atom is 0.254 e. The normalized spacial score (nSPS) is 18.6. The zero-order chi connectivity index (χ0) is 11.7. The minimum absolute atomic E-state index is 0.191. The van der Waals surface area contributed by atoms with Crippen LogP contribution in [-0.4, -0.2) is 11.8 Å². The Morgan fingerprint density at radius 1 is 1.25 bits per heavy atom. The van der Waals surface area contributed by atoms with Crippen molar-refractivity contribution in [2.45, 2.75) is 13.3 Å². The molecule has 0 aromatic heterocycles. The van der Waals surface area contributed by atoms with Crippen molar-refractivity contribution >= 4 is 40.0 Å². The molecular formula is C12H10INO2. The van der Waals surface area contributed by atoms with Crippen LogP contribution in [0.2, 0.25) is 0 Å². The number of carbonyl (C=O) groups excluding carboxylic acids is 2. The molecule has 1 heterocycles. The third-order valence-corrected chi connectivity index (χ3v) is 3.31. The number of benzene rings is 1. The molecule has 1 aromatic carbocycles. The van der Waals surface area contributed by atoms with Crippen molar-refractivity contribution in [3.63, 3.8) is 0 Å². The van der Waals surface area contributed by atoms with Crippen LogP contribution in [0.25, 0.3) is 5.57 Å². The summed E-state index contributed by atoms with van der Waals surface area (Å²) in [5.41, 5.74) is 2.44. The third-order valence-electron chi connectivity index (χ3n) is 2.59. The minimum atomic E-state index is -0.263. The highest BCUT2D eigenvalue weighted by atomic mass is 127. The van der Waals surface area contributed by atoms with Crippen LogP contribution in [-0.2, 0) is 9.59 Å². The highest BCUT2D eigenvalue weighted by molar-refractivity contribution is 14.1. The lowest BCUT2D eigenvalue weighted by atomic mass is 10.0. The molecule has 2 amide bonds. The standard InChI is InChI=1S/C12H10INO2/c1-7(8-2-4-9(13)5-3-8)10-6-11(15)14-12(10)16/h2-5H,6H2,1H3,(H,14,15,16)/b10-7+. The Kier molecular flexibility index (Phi) is 3.09. The summed E-state index contributed by atoms with van der Waals surface area (Å²) in [6.45, 7) is 1.87. The number of nitrogens with one attached hydrogen (secondary N) is 1. The summed E-state index contributed by atoms with van der Waals surface area (Å²) in [5, 5.41) is 2.29. The molecule has 16 heavy (non-hydrogen) atoms. The van der Waals surface area contributed by atoms with Crippen LogP contribution in [0, 0.1) is 3.57 Å². The number of hydrogen-bond donors (Lipinski definition) is 1. The summed E-state index contributed by atoms with van der Waals surface area (Å²) < 4.78 is 1.14. The Hall–Kier alpha value is -1.17. The zero-order valence-electron chi connectivity index (χ0n) is 8.71. The van der Waals surface area contributed by atoms with E-state index in [0.717, 1.165) is 14.7 Å². The van der Waals surface area contributed by atoms with Crippen LogP contribution >= 0.6 is 22.6 Å². The molecule has 1 aliphatic heterocycles. The molecule has 0 saturated carbocycles. The Bertz CT molecular complexity index is 488. The van der Waals surface area contributed by atoms with E-state index in [4.69, 9.17) is 0 Å². The summed E-state index contributed by atoms with van der Waals surface area (Å²) in [5.74, 6) is -0.481. The number of carbonyl (C=O) groups is 2. The number of amides is 2. The molecule has 1 saturated heterocycles. The highest BCUT2D eigenvalue weighted by Crippen LogP contribution is 2.23. The van der Waals surface area contributed by atoms with Crippen molar-refractivity contribution in [3.05, 3.63) is 39.0 Å². The summed E-state index contributed by atoms with van der Waals surface area (Å²) >= 11 is 2.23. The van der Waals surface area contributed by atoms with Crippen LogP contribution in [0.5, 0.6) is 0 Å². The van der Waals surface area contributed by atoms with Gasteiger partial charge in [0.25, 0.3) is 5.91 Å². The first-order valence-electron chi connectivity index (χ1n) is 4.88. The quantitative estimate of drug-likeness (QED) is 0.488. The summed E-state index contributed by atoms with van der Waals surface area (Å²) in [7, 11) is 0. The third kappa shape index (κ3) is 2.16. The largest absolute Gasteiger partial charge is 0.292 e. The van der Waals surface area contributed by atoms with E-state index >= 15 is 0 Å². The van der Waals surface area contributed by atoms with Crippen molar-refractivity contribution in [2.24, 2.45) is 0 Å². The number of imide groups is 1. The number of allylic oxidation sites excluding steroid dienone is 1. The van der Waals surface area contributed by atoms with Gasteiger partial charge >= 0.3 is 0 Å². The molecule has 0 radical (unpaired) electrons. The molecule has 1 aromatic rings. The molecule has 1 aliphatic rings. The monoisotopic (exact) mass is 327 g/mol. The van der Waals surface area contributed by atoms with Gasteiger partial charge in [-0.25, -0.2) is 0 Å². The number of hydrogen-bond acceptors (Lipinski definition) is 2. The van der Waals surface area contributed by atoms with E-state index in [9.17, 15) is 9.59 Å². The second-order valence-electron chi connectivity index (χ2n) is 3.66. The Labute approximate surface area is 107 Å². The van der Waals surface area contributed by atoms with Crippen LogP contribution in [0.1, 0.15) is 18.9 Å². The van der Waals surface area contributed by atoms with E-state index in [1.165, 1.54) is 0 Å². The van der Waals surface area contributed by atoms with Gasteiger partial charge in [0.2, 0.25) is 5.91 Å². The predicted octanol–water partition coefficient (Wildman–Crippen LogP) is 2.11.